The highest BCUT2D eigenvalue weighted by atomic mass is 16.5. The molecule has 4 aromatic rings. The summed E-state index contributed by atoms with van der Waals surface area (Å²) in [5.74, 6) is 0.622. The van der Waals surface area contributed by atoms with Gasteiger partial charge in [-0.05, 0) is 37.3 Å². The van der Waals surface area contributed by atoms with Gasteiger partial charge in [-0.25, -0.2) is 4.98 Å². The molecular weight excluding hydrogens is 462 g/mol. The number of amides is 2. The topological polar surface area (TPSA) is 103 Å². The van der Waals surface area contributed by atoms with Crippen LogP contribution in [-0.4, -0.2) is 70.4 Å². The number of pyridine rings is 1. The number of nitrogens with zero attached hydrogens (tertiary/aromatic N) is 5. The van der Waals surface area contributed by atoms with E-state index in [0.717, 1.165) is 0 Å². The number of furan rings is 1. The quantitative estimate of drug-likeness (QED) is 0.438. The maximum atomic E-state index is 14.2. The van der Waals surface area contributed by atoms with Crippen molar-refractivity contribution in [2.75, 3.05) is 37.7 Å². The van der Waals surface area contributed by atoms with Crippen LogP contribution in [0.5, 0.6) is 5.75 Å². The van der Waals surface area contributed by atoms with Crippen LogP contribution in [0.3, 0.4) is 0 Å². The van der Waals surface area contributed by atoms with Crippen LogP contribution in [0, 0.1) is 6.92 Å². The summed E-state index contributed by atoms with van der Waals surface area (Å²) in [6, 6.07) is 12.6. The molecule has 0 N–H and O–H groups in total. The Morgan fingerprint density at radius 3 is 2.67 bits per heavy atom. The SMILES string of the molecule is Cc1nn(C)c2nc(-c3ccco3)cc(C(=O)N3C[C@@H](C(=O)N4CCOCC4)Oc4ccccc43)c12. The lowest BCUT2D eigenvalue weighted by Gasteiger charge is -2.37. The van der Waals surface area contributed by atoms with E-state index in [0.29, 0.717) is 71.5 Å². The number of rotatable bonds is 3. The summed E-state index contributed by atoms with van der Waals surface area (Å²) in [5, 5.41) is 5.17. The molecule has 10 heteroatoms. The molecule has 10 nitrogen and oxygen atoms in total. The summed E-state index contributed by atoms with van der Waals surface area (Å²) in [6.07, 6.45) is 0.746. The van der Waals surface area contributed by atoms with Crippen molar-refractivity contribution in [1.82, 2.24) is 19.7 Å². The summed E-state index contributed by atoms with van der Waals surface area (Å²) < 4.78 is 18.7. The van der Waals surface area contributed by atoms with Crippen LogP contribution < -0.4 is 9.64 Å². The number of carbonyl (C=O) groups excluding carboxylic acids is 2. The second-order valence-corrected chi connectivity index (χ2v) is 8.87. The summed E-state index contributed by atoms with van der Waals surface area (Å²) in [7, 11) is 1.80. The van der Waals surface area contributed by atoms with Crippen molar-refractivity contribution in [3.63, 3.8) is 0 Å². The maximum Gasteiger partial charge on any atom is 0.265 e. The number of fused-ring (bicyclic) bond motifs is 2. The lowest BCUT2D eigenvalue weighted by Crippen LogP contribution is -2.54. The van der Waals surface area contributed by atoms with E-state index in [2.05, 4.69) is 5.10 Å². The number of anilines is 1. The first-order valence-corrected chi connectivity index (χ1v) is 11.8. The lowest BCUT2D eigenvalue weighted by molar-refractivity contribution is -0.142. The van der Waals surface area contributed by atoms with Crippen LogP contribution in [0.25, 0.3) is 22.5 Å². The summed E-state index contributed by atoms with van der Waals surface area (Å²) >= 11 is 0. The maximum absolute atomic E-state index is 14.2. The average molecular weight is 488 g/mol. The molecular formula is C26H25N5O5. The zero-order chi connectivity index (χ0) is 24.8. The minimum Gasteiger partial charge on any atom is -0.476 e. The number of carbonyl (C=O) groups is 2. The number of hydrogen-bond acceptors (Lipinski definition) is 7. The lowest BCUT2D eigenvalue weighted by atomic mass is 10.0. The van der Waals surface area contributed by atoms with Gasteiger partial charge in [0.2, 0.25) is 0 Å². The molecule has 1 atom stereocenters. The standard InChI is InChI=1S/C26H25N5O5/c1-16-23-17(14-18(20-8-5-11-35-20)27-24(23)29(2)28-16)25(32)31-15-22(26(33)30-9-12-34-13-10-30)36-21-7-4-3-6-19(21)31/h3-8,11,14,22H,9-10,12-13,15H2,1-2H3/t22-/m0/s1. The number of hydrogen-bond donors (Lipinski definition) is 0. The van der Waals surface area contributed by atoms with Crippen molar-refractivity contribution in [3.05, 3.63) is 60.0 Å². The number of aromatic nitrogens is 3. The largest absolute Gasteiger partial charge is 0.476 e. The van der Waals surface area contributed by atoms with Crippen LogP contribution in [0.15, 0.2) is 53.1 Å². The first kappa shape index (κ1) is 22.3. The van der Waals surface area contributed by atoms with Gasteiger partial charge in [-0.1, -0.05) is 12.1 Å². The molecule has 0 radical (unpaired) electrons. The fraction of sp³-hybridized carbons (Fsp3) is 0.308. The first-order valence-electron chi connectivity index (χ1n) is 11.8. The van der Waals surface area contributed by atoms with Gasteiger partial charge < -0.3 is 23.7 Å². The van der Waals surface area contributed by atoms with Crippen molar-refractivity contribution in [3.8, 4) is 17.2 Å². The van der Waals surface area contributed by atoms with E-state index in [1.165, 1.54) is 0 Å². The molecule has 0 saturated carbocycles. The molecule has 0 aliphatic carbocycles. The van der Waals surface area contributed by atoms with Crippen molar-refractivity contribution in [2.24, 2.45) is 7.05 Å². The van der Waals surface area contributed by atoms with E-state index in [9.17, 15) is 9.59 Å². The molecule has 36 heavy (non-hydrogen) atoms. The highest BCUT2D eigenvalue weighted by molar-refractivity contribution is 6.15. The van der Waals surface area contributed by atoms with Gasteiger partial charge in [-0.3, -0.25) is 14.3 Å². The Bertz CT molecular complexity index is 1460. The van der Waals surface area contributed by atoms with Crippen LogP contribution in [0.1, 0.15) is 16.1 Å². The number of para-hydroxylation sites is 2. The number of benzene rings is 1. The van der Waals surface area contributed by atoms with E-state index in [1.807, 2.05) is 25.1 Å². The Hall–Kier alpha value is -4.18. The third-order valence-corrected chi connectivity index (χ3v) is 6.59. The average Bonchev–Trinajstić information content (AvgIpc) is 3.55. The zero-order valence-electron chi connectivity index (χ0n) is 20.0. The van der Waals surface area contributed by atoms with Gasteiger partial charge in [0.1, 0.15) is 11.4 Å². The molecule has 5 heterocycles. The summed E-state index contributed by atoms with van der Waals surface area (Å²) in [4.78, 5) is 35.6. The van der Waals surface area contributed by atoms with E-state index in [-0.39, 0.29) is 18.4 Å². The van der Waals surface area contributed by atoms with Gasteiger partial charge in [0.25, 0.3) is 11.8 Å². The Morgan fingerprint density at radius 1 is 1.08 bits per heavy atom. The highest BCUT2D eigenvalue weighted by Crippen LogP contribution is 2.36. The van der Waals surface area contributed by atoms with Gasteiger partial charge in [0.15, 0.2) is 17.5 Å². The zero-order valence-corrected chi connectivity index (χ0v) is 20.0. The normalized spacial score (nSPS) is 17.7. The third kappa shape index (κ3) is 3.70. The van der Waals surface area contributed by atoms with Crippen molar-refractivity contribution >= 4 is 28.5 Å². The molecule has 0 bridgehead atoms. The fourth-order valence-electron chi connectivity index (χ4n) is 4.85. The van der Waals surface area contributed by atoms with Crippen LogP contribution in [-0.2, 0) is 16.6 Å². The first-order chi connectivity index (χ1) is 17.5. The molecule has 1 saturated heterocycles. The van der Waals surface area contributed by atoms with Crippen molar-refractivity contribution in [1.29, 1.82) is 0 Å². The van der Waals surface area contributed by atoms with E-state index in [1.54, 1.807) is 52.1 Å². The van der Waals surface area contributed by atoms with Crippen LogP contribution in [0.2, 0.25) is 0 Å². The van der Waals surface area contributed by atoms with Gasteiger partial charge >= 0.3 is 0 Å². The molecule has 1 aromatic carbocycles. The molecule has 6 rings (SSSR count). The number of aryl methyl sites for hydroxylation is 2. The second-order valence-electron chi connectivity index (χ2n) is 8.87. The second kappa shape index (κ2) is 8.80. The third-order valence-electron chi connectivity index (χ3n) is 6.59. The Balaban J connectivity index is 1.44. The summed E-state index contributed by atoms with van der Waals surface area (Å²) in [5.41, 5.74) is 2.84. The van der Waals surface area contributed by atoms with Crippen molar-refractivity contribution in [2.45, 2.75) is 13.0 Å². The Kier molecular flexibility index (Phi) is 5.45. The highest BCUT2D eigenvalue weighted by Gasteiger charge is 2.37. The van der Waals surface area contributed by atoms with Crippen LogP contribution >= 0.6 is 0 Å². The Morgan fingerprint density at radius 2 is 1.89 bits per heavy atom. The number of morpholine rings is 1. The molecule has 0 unspecified atom stereocenters. The monoisotopic (exact) mass is 487 g/mol. The molecule has 2 amide bonds. The predicted molar refractivity (Wildman–Crippen MR) is 131 cm³/mol. The van der Waals surface area contributed by atoms with Gasteiger partial charge in [-0.15, -0.1) is 0 Å². The minimum atomic E-state index is -0.821. The molecule has 0 spiro atoms. The van der Waals surface area contributed by atoms with Crippen molar-refractivity contribution < 1.29 is 23.5 Å². The molecule has 184 valence electrons. The number of ether oxygens (including phenoxy) is 2. The van der Waals surface area contributed by atoms with Crippen LogP contribution in [0.4, 0.5) is 5.69 Å². The van der Waals surface area contributed by atoms with E-state index >= 15 is 0 Å². The van der Waals surface area contributed by atoms with Gasteiger partial charge in [-0.2, -0.15) is 5.10 Å². The van der Waals surface area contributed by atoms with E-state index < -0.39 is 6.10 Å². The predicted octanol–water partition coefficient (Wildman–Crippen LogP) is 2.80. The smallest absolute Gasteiger partial charge is 0.265 e. The van der Waals surface area contributed by atoms with Gasteiger partial charge in [0.05, 0.1) is 48.4 Å². The molecule has 3 aromatic heterocycles. The Labute approximate surface area is 207 Å². The van der Waals surface area contributed by atoms with E-state index in [4.69, 9.17) is 18.9 Å². The van der Waals surface area contributed by atoms with Gasteiger partial charge in [0, 0.05) is 20.1 Å². The summed E-state index contributed by atoms with van der Waals surface area (Å²) in [6.45, 7) is 3.92. The molecule has 2 aliphatic rings. The minimum absolute atomic E-state index is 0.0885. The fourth-order valence-corrected chi connectivity index (χ4v) is 4.85. The molecule has 1 fully saturated rings. The molecule has 2 aliphatic heterocycles.